The summed E-state index contributed by atoms with van der Waals surface area (Å²) in [5.41, 5.74) is 10.8. The molecule has 0 bridgehead atoms. The molecule has 1 spiro atoms. The summed E-state index contributed by atoms with van der Waals surface area (Å²) in [4.78, 5) is 16.3. The summed E-state index contributed by atoms with van der Waals surface area (Å²) in [7, 11) is 0. The molecule has 3 aliphatic rings. The minimum absolute atomic E-state index is 0.0381. The Morgan fingerprint density at radius 3 is 2.55 bits per heavy atom. The summed E-state index contributed by atoms with van der Waals surface area (Å²) >= 11 is 0. The third-order valence-corrected chi connectivity index (χ3v) is 7.71. The van der Waals surface area contributed by atoms with Gasteiger partial charge in [-0.2, -0.15) is 0 Å². The topological polar surface area (TPSA) is 94.2 Å². The second-order valence-corrected chi connectivity index (χ2v) is 9.64. The second kappa shape index (κ2) is 9.03. The number of hydrogen-bond acceptors (Lipinski definition) is 3. The number of benzene rings is 1. The number of nitrogens with one attached hydrogen (secondary N) is 3. The van der Waals surface area contributed by atoms with Crippen LogP contribution in [0.15, 0.2) is 35.4 Å². The van der Waals surface area contributed by atoms with E-state index in [1.165, 1.54) is 16.7 Å². The zero-order valence-corrected chi connectivity index (χ0v) is 19.0. The van der Waals surface area contributed by atoms with Crippen LogP contribution in [0.4, 0.5) is 0 Å². The van der Waals surface area contributed by atoms with Gasteiger partial charge < -0.3 is 21.3 Å². The van der Waals surface area contributed by atoms with Gasteiger partial charge in [0.25, 0.3) is 0 Å². The monoisotopic (exact) mass is 423 g/mol. The Balaban J connectivity index is 1.72. The number of allylic oxidation sites excluding steroid dienone is 2. The summed E-state index contributed by atoms with van der Waals surface area (Å²) < 4.78 is 0. The van der Waals surface area contributed by atoms with Gasteiger partial charge in [0, 0.05) is 13.1 Å². The first kappa shape index (κ1) is 21.9. The van der Waals surface area contributed by atoms with E-state index in [1.54, 1.807) is 5.57 Å². The first-order chi connectivity index (χ1) is 14.9. The highest BCUT2D eigenvalue weighted by Gasteiger charge is 2.52. The molecule has 1 amide bonds. The number of amides is 1. The highest BCUT2D eigenvalue weighted by molar-refractivity contribution is 5.91. The van der Waals surface area contributed by atoms with E-state index in [0.717, 1.165) is 51.6 Å². The van der Waals surface area contributed by atoms with Crippen molar-refractivity contribution in [2.45, 2.75) is 63.8 Å². The van der Waals surface area contributed by atoms with Crippen LogP contribution in [0.25, 0.3) is 0 Å². The summed E-state index contributed by atoms with van der Waals surface area (Å²) in [6.45, 7) is 7.28. The predicted molar refractivity (Wildman–Crippen MR) is 125 cm³/mol. The van der Waals surface area contributed by atoms with E-state index < -0.39 is 5.41 Å². The summed E-state index contributed by atoms with van der Waals surface area (Å²) in [5, 5.41) is 13.9. The number of carbonyl (C=O) groups excluding carboxylic acids is 1. The molecule has 5 N–H and O–H groups in total. The summed E-state index contributed by atoms with van der Waals surface area (Å²) in [5.74, 6) is 0.699. The van der Waals surface area contributed by atoms with Crippen LogP contribution in [0.5, 0.6) is 0 Å². The zero-order chi connectivity index (χ0) is 22.0. The molecule has 1 atom stereocenters. The van der Waals surface area contributed by atoms with Crippen molar-refractivity contribution >= 4 is 11.9 Å². The molecule has 2 fully saturated rings. The molecule has 1 aromatic carbocycles. The lowest BCUT2D eigenvalue weighted by atomic mass is 9.64. The molecule has 31 heavy (non-hydrogen) atoms. The summed E-state index contributed by atoms with van der Waals surface area (Å²) in [6, 6.07) is 8.81. The van der Waals surface area contributed by atoms with Crippen LogP contribution in [-0.2, 0) is 10.2 Å². The second-order valence-electron chi connectivity index (χ2n) is 9.64. The quantitative estimate of drug-likeness (QED) is 0.340. The average molecular weight is 424 g/mol. The van der Waals surface area contributed by atoms with E-state index in [9.17, 15) is 4.79 Å². The lowest BCUT2D eigenvalue weighted by Gasteiger charge is -2.51. The third-order valence-electron chi connectivity index (χ3n) is 7.71. The number of nitrogens with two attached hydrogens (primary N) is 1. The molecule has 1 aliphatic carbocycles. The van der Waals surface area contributed by atoms with Crippen LogP contribution < -0.4 is 16.4 Å². The van der Waals surface area contributed by atoms with Crippen molar-refractivity contribution in [3.05, 3.63) is 46.5 Å². The average Bonchev–Trinajstić information content (AvgIpc) is 2.78. The normalized spacial score (nSPS) is 25.3. The maximum Gasteiger partial charge on any atom is 0.233 e. The molecule has 0 aromatic heterocycles. The van der Waals surface area contributed by atoms with E-state index in [-0.39, 0.29) is 17.9 Å². The number of nitrogens with zero attached hydrogens (tertiary/aromatic N) is 1. The highest BCUT2D eigenvalue weighted by atomic mass is 16.2. The molecule has 1 aromatic rings. The van der Waals surface area contributed by atoms with Gasteiger partial charge in [0.1, 0.15) is 0 Å². The van der Waals surface area contributed by atoms with Gasteiger partial charge in [0.05, 0.1) is 11.5 Å². The van der Waals surface area contributed by atoms with Crippen molar-refractivity contribution in [3.63, 3.8) is 0 Å². The molecule has 1 saturated carbocycles. The van der Waals surface area contributed by atoms with Gasteiger partial charge in [0.15, 0.2) is 5.96 Å². The van der Waals surface area contributed by atoms with Gasteiger partial charge in [0.2, 0.25) is 5.91 Å². The van der Waals surface area contributed by atoms with Gasteiger partial charge in [-0.1, -0.05) is 35.4 Å². The zero-order valence-electron chi connectivity index (χ0n) is 19.0. The molecule has 0 radical (unpaired) electrons. The SMILES string of the molecule is CC(C)=C1CCC(C2c3ccccc3C3(CCNCC3)C(=O)N2CCNC(=N)N)CC1. The molecule has 4 rings (SSSR count). The van der Waals surface area contributed by atoms with Crippen molar-refractivity contribution in [1.29, 1.82) is 5.41 Å². The van der Waals surface area contributed by atoms with Gasteiger partial charge in [-0.25, -0.2) is 0 Å². The minimum atomic E-state index is -0.422. The number of guanidine groups is 1. The molecule has 1 unspecified atom stereocenters. The van der Waals surface area contributed by atoms with E-state index in [0.29, 0.717) is 19.0 Å². The molecule has 6 nitrogen and oxygen atoms in total. The fourth-order valence-corrected chi connectivity index (χ4v) is 6.08. The van der Waals surface area contributed by atoms with Crippen molar-refractivity contribution in [3.8, 4) is 0 Å². The lowest BCUT2D eigenvalue weighted by molar-refractivity contribution is -0.144. The molecule has 2 aliphatic heterocycles. The van der Waals surface area contributed by atoms with Gasteiger partial charge in [-0.3, -0.25) is 10.2 Å². The number of hydrogen-bond donors (Lipinski definition) is 4. The molecule has 6 heteroatoms. The van der Waals surface area contributed by atoms with Crippen molar-refractivity contribution in [1.82, 2.24) is 15.5 Å². The molecule has 168 valence electrons. The first-order valence-corrected chi connectivity index (χ1v) is 11.8. The Morgan fingerprint density at radius 1 is 1.23 bits per heavy atom. The molecular weight excluding hydrogens is 386 g/mol. The third kappa shape index (κ3) is 4.10. The van der Waals surface area contributed by atoms with Crippen LogP contribution in [0.1, 0.15) is 69.5 Å². The molecular formula is C25H37N5O. The van der Waals surface area contributed by atoms with Crippen molar-refractivity contribution in [2.75, 3.05) is 26.2 Å². The number of fused-ring (bicyclic) bond motifs is 2. The maximum absolute atomic E-state index is 14.1. The van der Waals surface area contributed by atoms with Gasteiger partial charge >= 0.3 is 0 Å². The van der Waals surface area contributed by atoms with E-state index in [4.69, 9.17) is 11.1 Å². The standard InChI is InChI=1S/C25H37N5O/c1-17(2)18-7-9-19(10-8-18)22-20-5-3-4-6-21(20)25(11-13-28-14-12-25)23(31)30(22)16-15-29-24(26)27/h3-6,19,22,28H,7-16H2,1-2H3,(H4,26,27,29). The van der Waals surface area contributed by atoms with Gasteiger partial charge in [-0.15, -0.1) is 0 Å². The summed E-state index contributed by atoms with van der Waals surface area (Å²) in [6.07, 6.45) is 6.20. The molecule has 1 saturated heterocycles. The minimum Gasteiger partial charge on any atom is -0.370 e. The number of rotatable bonds is 4. The Kier molecular flexibility index (Phi) is 6.37. The van der Waals surface area contributed by atoms with Crippen molar-refractivity contribution in [2.24, 2.45) is 11.7 Å². The largest absolute Gasteiger partial charge is 0.370 e. The highest BCUT2D eigenvalue weighted by Crippen LogP contribution is 2.50. The fourth-order valence-electron chi connectivity index (χ4n) is 6.08. The Hall–Kier alpha value is -2.34. The van der Waals surface area contributed by atoms with Crippen LogP contribution in [0.3, 0.4) is 0 Å². The van der Waals surface area contributed by atoms with Crippen molar-refractivity contribution < 1.29 is 4.79 Å². The maximum atomic E-state index is 14.1. The fraction of sp³-hybridized carbons (Fsp3) is 0.600. The lowest BCUT2D eigenvalue weighted by Crippen LogP contribution is -2.59. The Morgan fingerprint density at radius 2 is 1.90 bits per heavy atom. The van der Waals surface area contributed by atoms with Gasteiger partial charge in [-0.05, 0) is 82.5 Å². The predicted octanol–water partition coefficient (Wildman–Crippen LogP) is 3.20. The van der Waals surface area contributed by atoms with E-state index in [2.05, 4.69) is 53.6 Å². The Labute approximate surface area is 186 Å². The Bertz CT molecular complexity index is 856. The van der Waals surface area contributed by atoms with E-state index >= 15 is 0 Å². The van der Waals surface area contributed by atoms with Crippen LogP contribution in [0.2, 0.25) is 0 Å². The number of carbonyl (C=O) groups is 1. The molecule has 2 heterocycles. The van der Waals surface area contributed by atoms with Crippen LogP contribution in [-0.4, -0.2) is 42.9 Å². The van der Waals surface area contributed by atoms with Crippen LogP contribution in [0, 0.1) is 11.3 Å². The number of piperidine rings is 1. The van der Waals surface area contributed by atoms with Crippen LogP contribution >= 0.6 is 0 Å². The first-order valence-electron chi connectivity index (χ1n) is 11.8. The smallest absolute Gasteiger partial charge is 0.233 e. The van der Waals surface area contributed by atoms with E-state index in [1.807, 2.05) is 0 Å².